The lowest BCUT2D eigenvalue weighted by Gasteiger charge is -2.26. The molecule has 3 aromatic rings. The molecule has 10 nitrogen and oxygen atoms in total. The molecule has 2 unspecified atom stereocenters. The average Bonchev–Trinajstić information content (AvgIpc) is 3.81. The van der Waals surface area contributed by atoms with E-state index in [2.05, 4.69) is 32.3 Å². The van der Waals surface area contributed by atoms with Crippen molar-refractivity contribution >= 4 is 17.8 Å². The molecule has 3 aliphatic rings. The number of benzene rings is 2. The number of ether oxygens (including phenoxy) is 2. The zero-order valence-corrected chi connectivity index (χ0v) is 27.6. The molecule has 3 heterocycles. The van der Waals surface area contributed by atoms with Crippen molar-refractivity contribution in [3.63, 3.8) is 0 Å². The summed E-state index contributed by atoms with van der Waals surface area (Å²) >= 11 is 0. The van der Waals surface area contributed by atoms with Gasteiger partial charge in [0.1, 0.15) is 5.75 Å². The Morgan fingerprint density at radius 2 is 1.60 bits per heavy atom. The zero-order valence-electron chi connectivity index (χ0n) is 27.6. The lowest BCUT2D eigenvalue weighted by molar-refractivity contribution is -0.125. The summed E-state index contributed by atoms with van der Waals surface area (Å²) in [5.41, 5.74) is 3.17. The number of carbonyl (C=O) groups is 3. The van der Waals surface area contributed by atoms with Crippen LogP contribution in [0.15, 0.2) is 54.6 Å². The minimum Gasteiger partial charge on any atom is -0.462 e. The van der Waals surface area contributed by atoms with E-state index >= 15 is 0 Å². The fourth-order valence-corrected chi connectivity index (χ4v) is 7.44. The first-order chi connectivity index (χ1) is 22.8. The van der Waals surface area contributed by atoms with Crippen LogP contribution < -0.4 is 10.1 Å². The largest absolute Gasteiger partial charge is 0.462 e. The molecular weight excluding hydrogens is 594 g/mol. The van der Waals surface area contributed by atoms with Crippen LogP contribution in [0.5, 0.6) is 11.8 Å². The van der Waals surface area contributed by atoms with Crippen LogP contribution in [0.4, 0.5) is 0 Å². The van der Waals surface area contributed by atoms with Gasteiger partial charge < -0.3 is 24.6 Å². The number of rotatable bonds is 11. The van der Waals surface area contributed by atoms with Crippen LogP contribution in [0.3, 0.4) is 0 Å². The SMILES string of the molecule is CCOC(=O)c1cccc(Oc2nc(C)c(C(=O)N3CC4CN(CC[C@H](NC(=O)C5CCCC5)c5ccccc5)CC4C3)c(C)n2)c1. The monoisotopic (exact) mass is 639 g/mol. The van der Waals surface area contributed by atoms with Crippen molar-refractivity contribution in [1.29, 1.82) is 0 Å². The van der Waals surface area contributed by atoms with Gasteiger partial charge in [-0.2, -0.15) is 9.97 Å². The van der Waals surface area contributed by atoms with Gasteiger partial charge >= 0.3 is 12.0 Å². The fraction of sp³-hybridized carbons (Fsp3) is 0.486. The topological polar surface area (TPSA) is 114 Å². The summed E-state index contributed by atoms with van der Waals surface area (Å²) in [4.78, 5) is 52.3. The van der Waals surface area contributed by atoms with Crippen LogP contribution in [-0.2, 0) is 9.53 Å². The van der Waals surface area contributed by atoms with Gasteiger partial charge in [-0.1, -0.05) is 49.2 Å². The molecule has 47 heavy (non-hydrogen) atoms. The molecule has 2 aliphatic heterocycles. The number of carbonyl (C=O) groups excluding carboxylic acids is 3. The third-order valence-electron chi connectivity index (χ3n) is 9.85. The van der Waals surface area contributed by atoms with Gasteiger partial charge in [0.25, 0.3) is 5.91 Å². The Labute approximate surface area is 276 Å². The highest BCUT2D eigenvalue weighted by atomic mass is 16.5. The number of aryl methyl sites for hydroxylation is 2. The lowest BCUT2D eigenvalue weighted by Crippen LogP contribution is -2.37. The van der Waals surface area contributed by atoms with E-state index in [1.807, 2.05) is 23.1 Å². The van der Waals surface area contributed by atoms with Crippen molar-refractivity contribution in [3.8, 4) is 11.8 Å². The first-order valence-corrected chi connectivity index (χ1v) is 17.0. The lowest BCUT2D eigenvalue weighted by atomic mass is 10.0. The van der Waals surface area contributed by atoms with E-state index in [1.165, 1.54) is 0 Å². The molecule has 248 valence electrons. The maximum atomic E-state index is 13.7. The van der Waals surface area contributed by atoms with Gasteiger partial charge in [-0.05, 0) is 75.6 Å². The number of fused-ring (bicyclic) bond motifs is 1. The normalized spacial score (nSPS) is 20.2. The van der Waals surface area contributed by atoms with Gasteiger partial charge in [0.15, 0.2) is 0 Å². The van der Waals surface area contributed by atoms with E-state index in [4.69, 9.17) is 9.47 Å². The molecule has 10 heteroatoms. The second-order valence-corrected chi connectivity index (χ2v) is 13.1. The maximum absolute atomic E-state index is 13.7. The Morgan fingerprint density at radius 1 is 0.915 bits per heavy atom. The van der Waals surface area contributed by atoms with Crippen LogP contribution in [0, 0.1) is 31.6 Å². The summed E-state index contributed by atoms with van der Waals surface area (Å²) in [6.07, 6.45) is 5.14. The quantitative estimate of drug-likeness (QED) is 0.274. The Balaban J connectivity index is 1.04. The molecule has 1 aliphatic carbocycles. The van der Waals surface area contributed by atoms with Gasteiger partial charge in [0.2, 0.25) is 5.91 Å². The summed E-state index contributed by atoms with van der Waals surface area (Å²) in [5.74, 6) is 1.11. The van der Waals surface area contributed by atoms with Gasteiger partial charge in [0, 0.05) is 38.6 Å². The van der Waals surface area contributed by atoms with Crippen molar-refractivity contribution in [2.24, 2.45) is 17.8 Å². The Bertz CT molecular complexity index is 1550. The molecule has 2 amide bonds. The molecule has 1 N–H and O–H groups in total. The van der Waals surface area contributed by atoms with Crippen LogP contribution in [0.1, 0.15) is 82.7 Å². The van der Waals surface area contributed by atoms with Crippen LogP contribution in [0.25, 0.3) is 0 Å². The van der Waals surface area contributed by atoms with E-state index in [-0.39, 0.29) is 36.4 Å². The Kier molecular flexibility index (Phi) is 10.2. The standard InChI is InChI=1S/C37H45N5O5/c1-4-46-36(45)28-15-10-16-31(19-28)47-37-38-24(2)33(25(3)39-37)35(44)42-22-29-20-41(21-30(29)23-42)18-17-32(26-11-6-5-7-12-26)40-34(43)27-13-8-9-14-27/h5-7,10-12,15-16,19,27,29-30,32H,4,8-9,13-14,17-18,20-23H2,1-3H3,(H,40,43)/t29?,30?,32-/m0/s1. The second kappa shape index (κ2) is 14.6. The van der Waals surface area contributed by atoms with Gasteiger partial charge in [-0.25, -0.2) is 4.79 Å². The maximum Gasteiger partial charge on any atom is 0.338 e. The molecule has 1 saturated carbocycles. The summed E-state index contributed by atoms with van der Waals surface area (Å²) < 4.78 is 11.0. The second-order valence-electron chi connectivity index (χ2n) is 13.1. The molecule has 6 rings (SSSR count). The fourth-order valence-electron chi connectivity index (χ4n) is 7.44. The number of nitrogens with zero attached hydrogens (tertiary/aromatic N) is 4. The summed E-state index contributed by atoms with van der Waals surface area (Å²) in [5, 5.41) is 3.37. The predicted molar refractivity (Wildman–Crippen MR) is 177 cm³/mol. The number of hydrogen-bond donors (Lipinski definition) is 1. The van der Waals surface area contributed by atoms with Crippen molar-refractivity contribution in [2.45, 2.75) is 58.9 Å². The molecule has 3 fully saturated rings. The predicted octanol–water partition coefficient (Wildman–Crippen LogP) is 5.50. The summed E-state index contributed by atoms with van der Waals surface area (Å²) in [6, 6.07) is 17.1. The minimum atomic E-state index is -0.426. The highest BCUT2D eigenvalue weighted by molar-refractivity contribution is 5.96. The van der Waals surface area contributed by atoms with Crippen LogP contribution >= 0.6 is 0 Å². The van der Waals surface area contributed by atoms with Gasteiger partial charge in [-0.3, -0.25) is 9.59 Å². The number of likely N-dealkylation sites (tertiary alicyclic amines) is 2. The molecule has 0 bridgehead atoms. The first-order valence-electron chi connectivity index (χ1n) is 17.0. The third-order valence-corrected chi connectivity index (χ3v) is 9.85. The van der Waals surface area contributed by atoms with E-state index in [9.17, 15) is 14.4 Å². The van der Waals surface area contributed by atoms with Gasteiger partial charge in [-0.15, -0.1) is 0 Å². The molecular formula is C37H45N5O5. The number of hydrogen-bond acceptors (Lipinski definition) is 8. The van der Waals surface area contributed by atoms with Crippen molar-refractivity contribution < 1.29 is 23.9 Å². The van der Waals surface area contributed by atoms with Crippen LogP contribution in [0.2, 0.25) is 0 Å². The molecule has 0 radical (unpaired) electrons. The van der Waals surface area contributed by atoms with Crippen molar-refractivity contribution in [2.75, 3.05) is 39.3 Å². The zero-order chi connectivity index (χ0) is 32.9. The third kappa shape index (κ3) is 7.64. The van der Waals surface area contributed by atoms with Crippen molar-refractivity contribution in [1.82, 2.24) is 25.1 Å². The number of aromatic nitrogens is 2. The highest BCUT2D eigenvalue weighted by Gasteiger charge is 2.42. The van der Waals surface area contributed by atoms with E-state index < -0.39 is 5.97 Å². The smallest absolute Gasteiger partial charge is 0.338 e. The minimum absolute atomic E-state index is 0.00206. The Morgan fingerprint density at radius 3 is 2.26 bits per heavy atom. The van der Waals surface area contributed by atoms with Crippen molar-refractivity contribution in [3.05, 3.63) is 82.7 Å². The first kappa shape index (κ1) is 32.6. The summed E-state index contributed by atoms with van der Waals surface area (Å²) in [6.45, 7) is 9.85. The molecule has 1 aromatic heterocycles. The van der Waals surface area contributed by atoms with Crippen LogP contribution in [-0.4, -0.2) is 76.9 Å². The molecule has 0 spiro atoms. The average molecular weight is 640 g/mol. The Hall–Kier alpha value is -4.31. The molecule has 3 atom stereocenters. The van der Waals surface area contributed by atoms with E-state index in [1.54, 1.807) is 45.0 Å². The van der Waals surface area contributed by atoms with E-state index in [0.29, 0.717) is 53.2 Å². The number of esters is 1. The van der Waals surface area contributed by atoms with Gasteiger partial charge in [0.05, 0.1) is 35.2 Å². The molecule has 2 saturated heterocycles. The highest BCUT2D eigenvalue weighted by Crippen LogP contribution is 2.34. The number of amides is 2. The molecule has 2 aromatic carbocycles. The number of nitrogens with one attached hydrogen (secondary N) is 1. The summed E-state index contributed by atoms with van der Waals surface area (Å²) in [7, 11) is 0. The van der Waals surface area contributed by atoms with E-state index in [0.717, 1.165) is 57.3 Å².